The summed E-state index contributed by atoms with van der Waals surface area (Å²) >= 11 is 11.8. The van der Waals surface area contributed by atoms with Gasteiger partial charge in [-0.25, -0.2) is 4.39 Å². The maximum Gasteiger partial charge on any atom is 0.307 e. The largest absolute Gasteiger partial charge is 0.481 e. The molecule has 0 aromatic heterocycles. The molecule has 0 radical (unpaired) electrons. The number of benzene rings is 2. The second-order valence-electron chi connectivity index (χ2n) is 4.04. The summed E-state index contributed by atoms with van der Waals surface area (Å²) in [6.45, 7) is 0. The summed E-state index contributed by atoms with van der Waals surface area (Å²) in [5.41, 5.74) is 1.31. The smallest absolute Gasteiger partial charge is 0.307 e. The van der Waals surface area contributed by atoms with Crippen molar-refractivity contribution in [3.63, 3.8) is 0 Å². The number of rotatable bonds is 3. The molecule has 5 heteroatoms. The van der Waals surface area contributed by atoms with Gasteiger partial charge in [-0.1, -0.05) is 29.3 Å². The minimum absolute atomic E-state index is 0.165. The molecule has 2 aromatic rings. The molecule has 0 aliphatic heterocycles. The second-order valence-corrected chi connectivity index (χ2v) is 4.92. The van der Waals surface area contributed by atoms with Gasteiger partial charge in [0, 0.05) is 15.6 Å². The fourth-order valence-corrected chi connectivity index (χ4v) is 2.31. The van der Waals surface area contributed by atoms with E-state index in [4.69, 9.17) is 28.3 Å². The number of aliphatic carboxylic acids is 1. The van der Waals surface area contributed by atoms with E-state index >= 15 is 0 Å². The fraction of sp³-hybridized carbons (Fsp3) is 0.0714. The Hall–Kier alpha value is -1.58. The molecule has 2 aromatic carbocycles. The lowest BCUT2D eigenvalue weighted by Gasteiger charge is -2.07. The van der Waals surface area contributed by atoms with Crippen molar-refractivity contribution in [3.8, 4) is 11.1 Å². The van der Waals surface area contributed by atoms with Crippen LogP contribution in [0.1, 0.15) is 5.56 Å². The van der Waals surface area contributed by atoms with Crippen molar-refractivity contribution in [2.24, 2.45) is 0 Å². The van der Waals surface area contributed by atoms with Crippen molar-refractivity contribution >= 4 is 29.2 Å². The van der Waals surface area contributed by atoms with E-state index in [0.29, 0.717) is 21.2 Å². The Morgan fingerprint density at radius 3 is 2.32 bits per heavy atom. The van der Waals surface area contributed by atoms with Crippen LogP contribution in [0.15, 0.2) is 36.4 Å². The zero-order valence-corrected chi connectivity index (χ0v) is 11.2. The van der Waals surface area contributed by atoms with Crippen LogP contribution in [0.5, 0.6) is 0 Å². The van der Waals surface area contributed by atoms with E-state index in [0.717, 1.165) is 0 Å². The van der Waals surface area contributed by atoms with Crippen LogP contribution in [-0.2, 0) is 11.2 Å². The van der Waals surface area contributed by atoms with Gasteiger partial charge in [-0.3, -0.25) is 4.79 Å². The van der Waals surface area contributed by atoms with Crippen molar-refractivity contribution in [2.45, 2.75) is 6.42 Å². The summed E-state index contributed by atoms with van der Waals surface area (Å²) in [5, 5.41) is 9.54. The molecular formula is C14H9Cl2FO2. The first-order valence-corrected chi connectivity index (χ1v) is 6.18. The number of hydrogen-bond donors (Lipinski definition) is 1. The van der Waals surface area contributed by atoms with Crippen molar-refractivity contribution < 1.29 is 14.3 Å². The van der Waals surface area contributed by atoms with E-state index in [9.17, 15) is 9.18 Å². The Morgan fingerprint density at radius 2 is 1.74 bits per heavy atom. The Labute approximate surface area is 119 Å². The molecule has 19 heavy (non-hydrogen) atoms. The van der Waals surface area contributed by atoms with Gasteiger partial charge in [0.15, 0.2) is 0 Å². The van der Waals surface area contributed by atoms with Gasteiger partial charge in [-0.05, 0) is 41.5 Å². The summed E-state index contributed by atoms with van der Waals surface area (Å²) in [5.74, 6) is -1.42. The molecule has 0 bridgehead atoms. The predicted molar refractivity (Wildman–Crippen MR) is 73.2 cm³/mol. The van der Waals surface area contributed by atoms with Gasteiger partial charge < -0.3 is 5.11 Å². The lowest BCUT2D eigenvalue weighted by atomic mass is 10.0. The van der Waals surface area contributed by atoms with Gasteiger partial charge in [-0.2, -0.15) is 0 Å². The van der Waals surface area contributed by atoms with Crippen molar-refractivity contribution in [1.82, 2.24) is 0 Å². The van der Waals surface area contributed by atoms with Crippen LogP contribution in [0, 0.1) is 5.82 Å². The van der Waals surface area contributed by atoms with Crippen molar-refractivity contribution in [1.29, 1.82) is 0 Å². The molecule has 1 N–H and O–H groups in total. The fourth-order valence-electron chi connectivity index (χ4n) is 1.79. The van der Waals surface area contributed by atoms with Crippen LogP contribution in [0.25, 0.3) is 11.1 Å². The molecule has 98 valence electrons. The van der Waals surface area contributed by atoms with Crippen LogP contribution < -0.4 is 0 Å². The summed E-state index contributed by atoms with van der Waals surface area (Å²) in [7, 11) is 0. The van der Waals surface area contributed by atoms with Gasteiger partial charge in [0.1, 0.15) is 5.82 Å². The molecule has 0 atom stereocenters. The van der Waals surface area contributed by atoms with Gasteiger partial charge in [0.25, 0.3) is 0 Å². The van der Waals surface area contributed by atoms with Gasteiger partial charge in [-0.15, -0.1) is 0 Å². The van der Waals surface area contributed by atoms with Crippen LogP contribution in [0.4, 0.5) is 4.39 Å². The van der Waals surface area contributed by atoms with Gasteiger partial charge >= 0.3 is 5.97 Å². The lowest BCUT2D eigenvalue weighted by Crippen LogP contribution is -2.00. The standard InChI is InChI=1S/C14H9Cl2FO2/c15-10-5-9(6-11(16)7-10)12-3-8(4-14(18)19)1-2-13(12)17/h1-3,5-7H,4H2,(H,18,19). The minimum atomic E-state index is -0.971. The summed E-state index contributed by atoms with van der Waals surface area (Å²) in [6.07, 6.45) is -0.165. The van der Waals surface area contributed by atoms with E-state index in [2.05, 4.69) is 0 Å². The van der Waals surface area contributed by atoms with Crippen LogP contribution in [0.2, 0.25) is 10.0 Å². The third-order valence-corrected chi connectivity index (χ3v) is 3.00. The normalized spacial score (nSPS) is 10.5. The monoisotopic (exact) mass is 298 g/mol. The highest BCUT2D eigenvalue weighted by molar-refractivity contribution is 6.35. The van der Waals surface area contributed by atoms with Crippen molar-refractivity contribution in [3.05, 3.63) is 57.8 Å². The molecule has 0 unspecified atom stereocenters. The lowest BCUT2D eigenvalue weighted by molar-refractivity contribution is -0.136. The zero-order valence-electron chi connectivity index (χ0n) is 9.66. The summed E-state index contributed by atoms with van der Waals surface area (Å²) < 4.78 is 13.8. The number of hydrogen-bond acceptors (Lipinski definition) is 1. The molecule has 0 saturated heterocycles. The first-order valence-electron chi connectivity index (χ1n) is 5.42. The highest BCUT2D eigenvalue weighted by Crippen LogP contribution is 2.29. The van der Waals surface area contributed by atoms with Crippen LogP contribution in [0.3, 0.4) is 0 Å². The highest BCUT2D eigenvalue weighted by atomic mass is 35.5. The topological polar surface area (TPSA) is 37.3 Å². The van der Waals surface area contributed by atoms with Gasteiger partial charge in [0.05, 0.1) is 6.42 Å². The molecule has 0 aliphatic carbocycles. The van der Waals surface area contributed by atoms with E-state index in [1.54, 1.807) is 18.2 Å². The SMILES string of the molecule is O=C(O)Cc1ccc(F)c(-c2cc(Cl)cc(Cl)c2)c1. The predicted octanol–water partition coefficient (Wildman–Crippen LogP) is 4.43. The average Bonchev–Trinajstić information content (AvgIpc) is 2.29. The molecular weight excluding hydrogens is 290 g/mol. The molecule has 0 saturated carbocycles. The molecule has 2 rings (SSSR count). The molecule has 0 aliphatic rings. The zero-order chi connectivity index (χ0) is 14.0. The third-order valence-electron chi connectivity index (χ3n) is 2.56. The molecule has 0 fully saturated rings. The second kappa shape index (κ2) is 5.59. The summed E-state index contributed by atoms with van der Waals surface area (Å²) in [6, 6.07) is 8.88. The third kappa shape index (κ3) is 3.46. The first kappa shape index (κ1) is 13.8. The molecule has 0 heterocycles. The average molecular weight is 299 g/mol. The van der Waals surface area contributed by atoms with E-state index in [-0.39, 0.29) is 12.0 Å². The summed E-state index contributed by atoms with van der Waals surface area (Å²) in [4.78, 5) is 10.7. The quantitative estimate of drug-likeness (QED) is 0.910. The Kier molecular flexibility index (Phi) is 4.08. The molecule has 0 spiro atoms. The van der Waals surface area contributed by atoms with E-state index in [1.165, 1.54) is 18.2 Å². The molecule has 2 nitrogen and oxygen atoms in total. The van der Waals surface area contributed by atoms with E-state index < -0.39 is 11.8 Å². The van der Waals surface area contributed by atoms with Gasteiger partial charge in [0.2, 0.25) is 0 Å². The maximum absolute atomic E-state index is 13.8. The van der Waals surface area contributed by atoms with E-state index in [1.807, 2.05) is 0 Å². The van der Waals surface area contributed by atoms with Crippen molar-refractivity contribution in [2.75, 3.05) is 0 Å². The van der Waals surface area contributed by atoms with Crippen LogP contribution in [-0.4, -0.2) is 11.1 Å². The first-order chi connectivity index (χ1) is 8.95. The number of carboxylic acid groups (broad SMARTS) is 1. The number of carbonyl (C=O) groups is 1. The Morgan fingerprint density at radius 1 is 1.11 bits per heavy atom. The minimum Gasteiger partial charge on any atom is -0.481 e. The molecule has 0 amide bonds. The Balaban J connectivity index is 2.51. The van der Waals surface area contributed by atoms with Crippen LogP contribution >= 0.6 is 23.2 Å². The highest BCUT2D eigenvalue weighted by Gasteiger charge is 2.10. The Bertz CT molecular complexity index is 621. The number of halogens is 3. The maximum atomic E-state index is 13.8. The number of carboxylic acids is 1.